The summed E-state index contributed by atoms with van der Waals surface area (Å²) in [6.07, 6.45) is 2.02. The van der Waals surface area contributed by atoms with Crippen molar-refractivity contribution in [2.75, 3.05) is 6.26 Å². The normalized spacial score (nSPS) is 16.4. The molecule has 0 fully saturated rings. The monoisotopic (exact) mass is 458 g/mol. The summed E-state index contributed by atoms with van der Waals surface area (Å²) in [4.78, 5) is 13.4. The lowest BCUT2D eigenvalue weighted by molar-refractivity contribution is 0.0910. The van der Waals surface area contributed by atoms with E-state index in [1.807, 2.05) is 38.1 Å². The second-order valence-corrected chi connectivity index (χ2v) is 13.3. The Labute approximate surface area is 186 Å². The first-order valence-electron chi connectivity index (χ1n) is 10.1. The number of sulfone groups is 1. The molecule has 1 aliphatic carbocycles. The first-order chi connectivity index (χ1) is 14.3. The third-order valence-electron chi connectivity index (χ3n) is 5.50. The number of hydrogen-bond acceptors (Lipinski definition) is 7. The van der Waals surface area contributed by atoms with Gasteiger partial charge in [0.1, 0.15) is 4.21 Å². The lowest BCUT2D eigenvalue weighted by atomic mass is 9.74. The predicted molar refractivity (Wildman–Crippen MR) is 121 cm³/mol. The first kappa shape index (κ1) is 21.9. The molecule has 3 aromatic rings. The van der Waals surface area contributed by atoms with Crippen LogP contribution in [0.2, 0.25) is 0 Å². The van der Waals surface area contributed by atoms with E-state index in [0.717, 1.165) is 23.2 Å². The van der Waals surface area contributed by atoms with Crippen LogP contribution in [-0.2, 0) is 21.7 Å². The topological polar surface area (TPSA) is 90.1 Å². The Balaban J connectivity index is 1.80. The molecular weight excluding hydrogens is 432 g/mol. The zero-order valence-electron chi connectivity index (χ0n) is 18.6. The number of carbonyl (C=O) groups is 1. The third-order valence-corrected chi connectivity index (χ3v) is 8.55. The van der Waals surface area contributed by atoms with Crippen molar-refractivity contribution in [2.24, 2.45) is 5.41 Å². The van der Waals surface area contributed by atoms with Crippen LogP contribution in [0.15, 0.2) is 32.9 Å². The number of nitrogens with zero attached hydrogens (tertiary/aromatic N) is 2. The number of thiophene rings is 1. The standard InChI is InChI=1S/C23H26N2O4S2/c1-22(2,3)14-9-7-13(8-10-14)19-24-25-20(29-19)18-15-11-23(4,5)12-16(26)17(15)21(30-18)31(6,27)28/h7-10H,11-12H2,1-6H3. The lowest BCUT2D eigenvalue weighted by Crippen LogP contribution is -2.27. The third kappa shape index (κ3) is 4.11. The summed E-state index contributed by atoms with van der Waals surface area (Å²) in [7, 11) is -3.56. The van der Waals surface area contributed by atoms with Gasteiger partial charge in [-0.15, -0.1) is 21.5 Å². The van der Waals surface area contributed by atoms with Crippen LogP contribution >= 0.6 is 11.3 Å². The molecule has 0 saturated heterocycles. The SMILES string of the molecule is CC1(C)CC(=O)c2c(S(C)(=O)=O)sc(-c3nnc(-c4ccc(C(C)(C)C)cc4)o3)c2C1. The molecule has 0 unspecified atom stereocenters. The van der Waals surface area contributed by atoms with E-state index in [2.05, 4.69) is 31.0 Å². The Morgan fingerprint density at radius 1 is 1.03 bits per heavy atom. The molecule has 0 atom stereocenters. The zero-order chi connectivity index (χ0) is 22.8. The Morgan fingerprint density at radius 2 is 1.65 bits per heavy atom. The van der Waals surface area contributed by atoms with Crippen LogP contribution in [0.4, 0.5) is 0 Å². The van der Waals surface area contributed by atoms with Crippen LogP contribution in [0.5, 0.6) is 0 Å². The van der Waals surface area contributed by atoms with Crippen LogP contribution in [0, 0.1) is 5.41 Å². The summed E-state index contributed by atoms with van der Waals surface area (Å²) in [6, 6.07) is 7.96. The zero-order valence-corrected chi connectivity index (χ0v) is 20.2. The van der Waals surface area contributed by atoms with Crippen molar-refractivity contribution < 1.29 is 17.6 Å². The highest BCUT2D eigenvalue weighted by Crippen LogP contribution is 2.47. The lowest BCUT2D eigenvalue weighted by Gasteiger charge is -2.29. The van der Waals surface area contributed by atoms with Gasteiger partial charge in [-0.05, 0) is 40.5 Å². The van der Waals surface area contributed by atoms with Gasteiger partial charge in [-0.2, -0.15) is 0 Å². The number of ketones is 1. The number of fused-ring (bicyclic) bond motifs is 1. The Kier molecular flexibility index (Phi) is 5.01. The number of rotatable bonds is 3. The molecule has 0 N–H and O–H groups in total. The molecule has 0 bridgehead atoms. The summed E-state index contributed by atoms with van der Waals surface area (Å²) in [5.41, 5.74) is 2.76. The van der Waals surface area contributed by atoms with Crippen LogP contribution in [0.25, 0.3) is 22.2 Å². The highest BCUT2D eigenvalue weighted by molar-refractivity contribution is 7.93. The smallest absolute Gasteiger partial charge is 0.258 e. The van der Waals surface area contributed by atoms with Crippen LogP contribution < -0.4 is 0 Å². The molecule has 1 aliphatic rings. The number of carbonyl (C=O) groups excluding carboxylic acids is 1. The van der Waals surface area contributed by atoms with Gasteiger partial charge in [0.25, 0.3) is 5.89 Å². The van der Waals surface area contributed by atoms with Gasteiger partial charge in [-0.1, -0.05) is 46.8 Å². The molecule has 2 aromatic heterocycles. The van der Waals surface area contributed by atoms with Crippen LogP contribution in [-0.4, -0.2) is 30.7 Å². The van der Waals surface area contributed by atoms with E-state index in [4.69, 9.17) is 4.42 Å². The highest BCUT2D eigenvalue weighted by atomic mass is 32.2. The number of hydrogen-bond donors (Lipinski definition) is 0. The van der Waals surface area contributed by atoms with E-state index in [9.17, 15) is 13.2 Å². The van der Waals surface area contributed by atoms with Crippen LogP contribution in [0.1, 0.15) is 62.5 Å². The quantitative estimate of drug-likeness (QED) is 0.527. The number of aromatic nitrogens is 2. The minimum absolute atomic E-state index is 0.0376. The molecular formula is C23H26N2O4S2. The maximum Gasteiger partial charge on any atom is 0.258 e. The van der Waals surface area contributed by atoms with E-state index in [1.54, 1.807) is 0 Å². The molecule has 1 aromatic carbocycles. The molecule has 164 valence electrons. The average molecular weight is 459 g/mol. The van der Waals surface area contributed by atoms with Gasteiger partial charge < -0.3 is 4.42 Å². The van der Waals surface area contributed by atoms with Gasteiger partial charge in [-0.25, -0.2) is 8.42 Å². The fraction of sp³-hybridized carbons (Fsp3) is 0.435. The van der Waals surface area contributed by atoms with Crippen molar-refractivity contribution in [1.82, 2.24) is 10.2 Å². The van der Waals surface area contributed by atoms with Crippen molar-refractivity contribution in [2.45, 2.75) is 57.1 Å². The molecule has 4 rings (SSSR count). The second-order valence-electron chi connectivity index (χ2n) is 10.0. The van der Waals surface area contributed by atoms with Gasteiger partial charge in [0.05, 0.1) is 10.4 Å². The van der Waals surface area contributed by atoms with Crippen molar-refractivity contribution in [3.63, 3.8) is 0 Å². The Hall–Kier alpha value is -2.32. The molecule has 0 amide bonds. The fourth-order valence-electron chi connectivity index (χ4n) is 3.94. The predicted octanol–water partition coefficient (Wildman–Crippen LogP) is 5.32. The first-order valence-corrected chi connectivity index (χ1v) is 12.8. The van der Waals surface area contributed by atoms with Gasteiger partial charge in [0.2, 0.25) is 5.89 Å². The minimum Gasteiger partial charge on any atom is -0.415 e. The van der Waals surface area contributed by atoms with E-state index in [0.29, 0.717) is 34.7 Å². The van der Waals surface area contributed by atoms with E-state index < -0.39 is 9.84 Å². The molecule has 0 aliphatic heterocycles. The summed E-state index contributed by atoms with van der Waals surface area (Å²) < 4.78 is 30.8. The van der Waals surface area contributed by atoms with E-state index in [1.165, 1.54) is 5.56 Å². The Bertz CT molecular complexity index is 1270. The Morgan fingerprint density at radius 3 is 2.23 bits per heavy atom. The molecule has 0 radical (unpaired) electrons. The average Bonchev–Trinajstić information content (AvgIpc) is 3.24. The highest BCUT2D eigenvalue weighted by Gasteiger charge is 2.39. The minimum atomic E-state index is -3.56. The van der Waals surface area contributed by atoms with Crippen molar-refractivity contribution >= 4 is 27.0 Å². The van der Waals surface area contributed by atoms with Gasteiger partial charge >= 0.3 is 0 Å². The summed E-state index contributed by atoms with van der Waals surface area (Å²) in [6.45, 7) is 10.5. The van der Waals surface area contributed by atoms with Crippen LogP contribution in [0.3, 0.4) is 0 Å². The second kappa shape index (κ2) is 7.10. The molecule has 8 heteroatoms. The summed E-state index contributed by atoms with van der Waals surface area (Å²) in [5.74, 6) is 0.461. The van der Waals surface area contributed by atoms with Gasteiger partial charge in [0, 0.05) is 18.2 Å². The maximum atomic E-state index is 12.8. The molecule has 0 saturated carbocycles. The largest absolute Gasteiger partial charge is 0.415 e. The summed E-state index contributed by atoms with van der Waals surface area (Å²) in [5, 5.41) is 8.38. The fourth-order valence-corrected chi connectivity index (χ4v) is 6.39. The molecule has 6 nitrogen and oxygen atoms in total. The summed E-state index contributed by atoms with van der Waals surface area (Å²) >= 11 is 1.05. The maximum absolute atomic E-state index is 12.8. The van der Waals surface area contributed by atoms with Crippen molar-refractivity contribution in [3.05, 3.63) is 41.0 Å². The molecule has 0 spiro atoms. The molecule has 2 heterocycles. The van der Waals surface area contributed by atoms with E-state index >= 15 is 0 Å². The van der Waals surface area contributed by atoms with E-state index in [-0.39, 0.29) is 26.7 Å². The van der Waals surface area contributed by atoms with Crippen molar-refractivity contribution in [3.8, 4) is 22.2 Å². The molecule has 31 heavy (non-hydrogen) atoms. The van der Waals surface area contributed by atoms with Gasteiger partial charge in [0.15, 0.2) is 15.6 Å². The number of Topliss-reactive ketones (excluding diaryl/α,β-unsaturated/α-hetero) is 1. The van der Waals surface area contributed by atoms with Gasteiger partial charge in [-0.3, -0.25) is 4.79 Å². The number of benzene rings is 1. The van der Waals surface area contributed by atoms with Crippen molar-refractivity contribution in [1.29, 1.82) is 0 Å².